The number of hydrogen-bond acceptors (Lipinski definition) is 5. The summed E-state index contributed by atoms with van der Waals surface area (Å²) in [5.74, 6) is -1.02. The number of amides is 1. The standard InChI is InChI=1S/C21H25FN2O4/c1-4-24(13-15-10-11-19(27-3)17(22)12-15)14-20(25)23-18-9-7-6-8-16(18)21(26)28-5-2/h6-12H,4-5,13-14H2,1-3H3,(H,23,25). The topological polar surface area (TPSA) is 67.9 Å². The molecular formula is C21H25FN2O4. The average molecular weight is 388 g/mol. The normalized spacial score (nSPS) is 10.6. The van der Waals surface area contributed by atoms with E-state index in [0.29, 0.717) is 24.3 Å². The van der Waals surface area contributed by atoms with Crippen molar-refractivity contribution in [2.45, 2.75) is 20.4 Å². The van der Waals surface area contributed by atoms with Crippen molar-refractivity contribution >= 4 is 17.6 Å². The monoisotopic (exact) mass is 388 g/mol. The van der Waals surface area contributed by atoms with E-state index in [-0.39, 0.29) is 24.8 Å². The van der Waals surface area contributed by atoms with Gasteiger partial charge in [-0.25, -0.2) is 9.18 Å². The highest BCUT2D eigenvalue weighted by Crippen LogP contribution is 2.19. The number of rotatable bonds is 9. The van der Waals surface area contributed by atoms with Crippen molar-refractivity contribution < 1.29 is 23.5 Å². The Balaban J connectivity index is 2.03. The van der Waals surface area contributed by atoms with Gasteiger partial charge in [0.1, 0.15) is 0 Å². The molecule has 0 bridgehead atoms. The van der Waals surface area contributed by atoms with E-state index in [2.05, 4.69) is 5.32 Å². The Morgan fingerprint density at radius 1 is 1.14 bits per heavy atom. The molecule has 0 saturated carbocycles. The number of para-hydroxylation sites is 1. The van der Waals surface area contributed by atoms with E-state index in [1.54, 1.807) is 43.3 Å². The molecule has 0 aromatic heterocycles. The van der Waals surface area contributed by atoms with Crippen LogP contribution >= 0.6 is 0 Å². The van der Waals surface area contributed by atoms with Crippen LogP contribution in [0.25, 0.3) is 0 Å². The van der Waals surface area contributed by atoms with Crippen LogP contribution in [-0.4, -0.2) is 43.6 Å². The van der Waals surface area contributed by atoms with E-state index in [9.17, 15) is 14.0 Å². The lowest BCUT2D eigenvalue weighted by atomic mass is 10.1. The third kappa shape index (κ3) is 5.79. The molecule has 2 rings (SSSR count). The molecule has 1 N–H and O–H groups in total. The molecule has 0 radical (unpaired) electrons. The van der Waals surface area contributed by atoms with Crippen molar-refractivity contribution in [2.24, 2.45) is 0 Å². The smallest absolute Gasteiger partial charge is 0.340 e. The van der Waals surface area contributed by atoms with Gasteiger partial charge in [-0.3, -0.25) is 9.69 Å². The number of anilines is 1. The minimum absolute atomic E-state index is 0.0985. The highest BCUT2D eigenvalue weighted by molar-refractivity contribution is 6.01. The number of ether oxygens (including phenoxy) is 2. The number of methoxy groups -OCH3 is 1. The molecule has 0 heterocycles. The summed E-state index contributed by atoms with van der Waals surface area (Å²) in [6, 6.07) is 11.4. The van der Waals surface area contributed by atoms with Crippen LogP contribution in [0.15, 0.2) is 42.5 Å². The second-order valence-corrected chi connectivity index (χ2v) is 6.09. The Morgan fingerprint density at radius 3 is 2.54 bits per heavy atom. The van der Waals surface area contributed by atoms with Gasteiger partial charge in [0, 0.05) is 6.54 Å². The first kappa shape index (κ1) is 21.4. The summed E-state index contributed by atoms with van der Waals surface area (Å²) in [4.78, 5) is 26.4. The van der Waals surface area contributed by atoms with E-state index in [4.69, 9.17) is 9.47 Å². The first-order valence-corrected chi connectivity index (χ1v) is 9.09. The van der Waals surface area contributed by atoms with Gasteiger partial charge in [-0.15, -0.1) is 0 Å². The van der Waals surface area contributed by atoms with Gasteiger partial charge in [-0.1, -0.05) is 25.1 Å². The first-order valence-electron chi connectivity index (χ1n) is 9.09. The molecule has 28 heavy (non-hydrogen) atoms. The maximum Gasteiger partial charge on any atom is 0.340 e. The van der Waals surface area contributed by atoms with Crippen molar-refractivity contribution in [2.75, 3.05) is 32.1 Å². The van der Waals surface area contributed by atoms with Gasteiger partial charge >= 0.3 is 5.97 Å². The molecule has 0 fully saturated rings. The number of esters is 1. The molecule has 0 saturated heterocycles. The predicted molar refractivity (Wildman–Crippen MR) is 105 cm³/mol. The zero-order valence-electron chi connectivity index (χ0n) is 16.3. The van der Waals surface area contributed by atoms with Gasteiger partial charge in [0.2, 0.25) is 5.91 Å². The van der Waals surface area contributed by atoms with Crippen LogP contribution in [0.2, 0.25) is 0 Å². The van der Waals surface area contributed by atoms with Crippen LogP contribution in [0.1, 0.15) is 29.8 Å². The number of benzene rings is 2. The lowest BCUT2D eigenvalue weighted by Gasteiger charge is -2.20. The molecule has 1 amide bonds. The summed E-state index contributed by atoms with van der Waals surface area (Å²) >= 11 is 0. The number of likely N-dealkylation sites (N-methyl/N-ethyl adjacent to an activating group) is 1. The van der Waals surface area contributed by atoms with Gasteiger partial charge in [-0.2, -0.15) is 0 Å². The Kier molecular flexibility index (Phi) is 7.95. The highest BCUT2D eigenvalue weighted by Gasteiger charge is 2.16. The Hall–Kier alpha value is -2.93. The van der Waals surface area contributed by atoms with E-state index < -0.39 is 11.8 Å². The van der Waals surface area contributed by atoms with E-state index in [1.165, 1.54) is 13.2 Å². The van der Waals surface area contributed by atoms with Gasteiger partial charge in [0.05, 0.1) is 31.5 Å². The van der Waals surface area contributed by atoms with Crippen LogP contribution in [0.5, 0.6) is 5.75 Å². The van der Waals surface area contributed by atoms with Gasteiger partial charge in [0.15, 0.2) is 11.6 Å². The number of nitrogens with one attached hydrogen (secondary N) is 1. The second-order valence-electron chi connectivity index (χ2n) is 6.09. The van der Waals surface area contributed by atoms with Crippen molar-refractivity contribution in [3.8, 4) is 5.75 Å². The van der Waals surface area contributed by atoms with Crippen LogP contribution < -0.4 is 10.1 Å². The van der Waals surface area contributed by atoms with Gasteiger partial charge in [-0.05, 0) is 43.3 Å². The SMILES string of the molecule is CCOC(=O)c1ccccc1NC(=O)CN(CC)Cc1ccc(OC)c(F)c1. The second kappa shape index (κ2) is 10.4. The zero-order chi connectivity index (χ0) is 20.5. The molecule has 0 unspecified atom stereocenters. The molecule has 150 valence electrons. The zero-order valence-corrected chi connectivity index (χ0v) is 16.3. The van der Waals surface area contributed by atoms with Crippen molar-refractivity contribution in [1.82, 2.24) is 4.90 Å². The van der Waals surface area contributed by atoms with Gasteiger partial charge in [0.25, 0.3) is 0 Å². The van der Waals surface area contributed by atoms with Crippen molar-refractivity contribution in [1.29, 1.82) is 0 Å². The van der Waals surface area contributed by atoms with Crippen molar-refractivity contribution in [3.63, 3.8) is 0 Å². The van der Waals surface area contributed by atoms with E-state index in [1.807, 2.05) is 11.8 Å². The number of carbonyl (C=O) groups excluding carboxylic acids is 2. The predicted octanol–water partition coefficient (Wildman–Crippen LogP) is 3.47. The summed E-state index contributed by atoms with van der Waals surface area (Å²) in [7, 11) is 1.41. The molecule has 0 atom stereocenters. The summed E-state index contributed by atoms with van der Waals surface area (Å²) in [5.41, 5.74) is 1.44. The molecule has 2 aromatic rings. The maximum absolute atomic E-state index is 13.9. The summed E-state index contributed by atoms with van der Waals surface area (Å²) in [6.07, 6.45) is 0. The number of carbonyl (C=O) groups is 2. The van der Waals surface area contributed by atoms with Crippen LogP contribution in [0.3, 0.4) is 0 Å². The Labute approximate surface area is 164 Å². The number of hydrogen-bond donors (Lipinski definition) is 1. The highest BCUT2D eigenvalue weighted by atomic mass is 19.1. The first-order chi connectivity index (χ1) is 13.5. The number of nitrogens with zero attached hydrogens (tertiary/aromatic N) is 1. The fraction of sp³-hybridized carbons (Fsp3) is 0.333. The largest absolute Gasteiger partial charge is 0.494 e. The minimum Gasteiger partial charge on any atom is -0.494 e. The van der Waals surface area contributed by atoms with Crippen LogP contribution in [0, 0.1) is 5.82 Å². The quantitative estimate of drug-likeness (QED) is 0.666. The average Bonchev–Trinajstić information content (AvgIpc) is 2.68. The molecule has 2 aromatic carbocycles. The number of halogens is 1. The third-order valence-electron chi connectivity index (χ3n) is 4.13. The summed E-state index contributed by atoms with van der Waals surface area (Å²) < 4.78 is 23.8. The molecule has 6 nitrogen and oxygen atoms in total. The Morgan fingerprint density at radius 2 is 1.89 bits per heavy atom. The molecular weight excluding hydrogens is 363 g/mol. The molecule has 0 spiro atoms. The van der Waals surface area contributed by atoms with Gasteiger partial charge < -0.3 is 14.8 Å². The van der Waals surface area contributed by atoms with E-state index >= 15 is 0 Å². The maximum atomic E-state index is 13.9. The molecule has 0 aliphatic heterocycles. The molecule has 0 aliphatic carbocycles. The lowest BCUT2D eigenvalue weighted by Crippen LogP contribution is -2.33. The fourth-order valence-corrected chi connectivity index (χ4v) is 2.72. The lowest BCUT2D eigenvalue weighted by molar-refractivity contribution is -0.117. The van der Waals surface area contributed by atoms with Crippen LogP contribution in [0.4, 0.5) is 10.1 Å². The van der Waals surface area contributed by atoms with Crippen molar-refractivity contribution in [3.05, 3.63) is 59.4 Å². The minimum atomic E-state index is -0.487. The molecule has 7 heteroatoms. The third-order valence-corrected chi connectivity index (χ3v) is 4.13. The van der Waals surface area contributed by atoms with Crippen LogP contribution in [-0.2, 0) is 16.1 Å². The fourth-order valence-electron chi connectivity index (χ4n) is 2.72. The summed E-state index contributed by atoms with van der Waals surface area (Å²) in [5, 5.41) is 2.75. The Bertz CT molecular complexity index is 826. The molecule has 0 aliphatic rings. The van der Waals surface area contributed by atoms with E-state index in [0.717, 1.165) is 5.56 Å². The summed E-state index contributed by atoms with van der Waals surface area (Å²) in [6.45, 7) is 5.00.